The van der Waals surface area contributed by atoms with Crippen LogP contribution in [-0.2, 0) is 6.42 Å². The summed E-state index contributed by atoms with van der Waals surface area (Å²) in [5, 5.41) is 4.03. The maximum absolute atomic E-state index is 13.8. The topological polar surface area (TPSA) is 75.8 Å². The number of nitrogens with zero attached hydrogens (tertiary/aromatic N) is 1. The quantitative estimate of drug-likeness (QED) is 0.399. The maximum Gasteiger partial charge on any atom is 0.322 e. The van der Waals surface area contributed by atoms with Gasteiger partial charge in [0, 0.05) is 29.2 Å². The van der Waals surface area contributed by atoms with Crippen LogP contribution in [0.2, 0.25) is 0 Å². The van der Waals surface area contributed by atoms with Crippen molar-refractivity contribution in [2.45, 2.75) is 12.5 Å². The first kappa shape index (κ1) is 22.6. The van der Waals surface area contributed by atoms with E-state index in [9.17, 15) is 9.18 Å². The van der Waals surface area contributed by atoms with Gasteiger partial charge in [0.2, 0.25) is 0 Å². The lowest BCUT2D eigenvalue weighted by atomic mass is 9.92. The molecule has 0 bridgehead atoms. The van der Waals surface area contributed by atoms with Gasteiger partial charge in [0.15, 0.2) is 0 Å². The number of urea groups is 1. The van der Waals surface area contributed by atoms with Gasteiger partial charge < -0.3 is 29.4 Å². The van der Waals surface area contributed by atoms with Gasteiger partial charge >= 0.3 is 6.03 Å². The van der Waals surface area contributed by atoms with E-state index < -0.39 is 6.04 Å². The van der Waals surface area contributed by atoms with Gasteiger partial charge in [0.05, 0.1) is 33.1 Å². The molecule has 2 N–H and O–H groups in total. The molecule has 0 aliphatic carbocycles. The van der Waals surface area contributed by atoms with E-state index in [1.807, 2.05) is 18.2 Å². The van der Waals surface area contributed by atoms with E-state index in [2.05, 4.69) is 10.3 Å². The summed E-state index contributed by atoms with van der Waals surface area (Å²) in [5.41, 5.74) is 4.29. The highest BCUT2D eigenvalue weighted by molar-refractivity contribution is 5.93. The lowest BCUT2D eigenvalue weighted by molar-refractivity contribution is 0.193. The molecule has 4 aromatic rings. The molecule has 0 saturated carbocycles. The fraction of sp³-hybridized carbons (Fsp3) is 0.222. The number of hydrogen-bond acceptors (Lipinski definition) is 4. The van der Waals surface area contributed by atoms with E-state index in [0.717, 1.165) is 33.5 Å². The number of ether oxygens (including phenoxy) is 3. The van der Waals surface area contributed by atoms with Crippen molar-refractivity contribution in [1.82, 2.24) is 9.88 Å². The molecule has 0 unspecified atom stereocenters. The second kappa shape index (κ2) is 9.21. The Bertz CT molecular complexity index is 1380. The van der Waals surface area contributed by atoms with Crippen LogP contribution in [0.15, 0.2) is 60.7 Å². The first-order valence-corrected chi connectivity index (χ1v) is 11.3. The molecule has 7 nitrogen and oxygen atoms in total. The van der Waals surface area contributed by atoms with Crippen LogP contribution in [0.1, 0.15) is 22.9 Å². The first-order valence-electron chi connectivity index (χ1n) is 11.3. The normalized spacial score (nSPS) is 15.0. The molecule has 180 valence electrons. The summed E-state index contributed by atoms with van der Waals surface area (Å²) in [7, 11) is 4.75. The molecule has 35 heavy (non-hydrogen) atoms. The summed E-state index contributed by atoms with van der Waals surface area (Å²) in [6, 6.07) is 16.6. The predicted octanol–water partition coefficient (Wildman–Crippen LogP) is 5.51. The number of carbonyl (C=O) groups excluding carboxylic acids is 1. The van der Waals surface area contributed by atoms with Crippen LogP contribution >= 0.6 is 0 Å². The standard InChI is InChI=1S/C27H26FN3O4/c1-33-18-8-10-22-21(14-18)20-12-13-31(26(25(20)29-22)16-4-6-17(28)7-5-16)27(32)30-23-15-19(34-2)9-11-24(23)35-3/h4-11,14-15,26,29H,12-13H2,1-3H3,(H,30,32)/t26-/m0/s1. The van der Waals surface area contributed by atoms with Crippen molar-refractivity contribution < 1.29 is 23.4 Å². The molecule has 1 atom stereocenters. The zero-order valence-corrected chi connectivity index (χ0v) is 19.7. The Kier molecular flexibility index (Phi) is 5.94. The van der Waals surface area contributed by atoms with Gasteiger partial charge in [0.25, 0.3) is 0 Å². The number of halogens is 1. The minimum absolute atomic E-state index is 0.298. The van der Waals surface area contributed by atoms with Gasteiger partial charge in [0.1, 0.15) is 23.1 Å². The molecular formula is C27H26FN3O4. The number of aromatic amines is 1. The number of aromatic nitrogens is 1. The average molecular weight is 476 g/mol. The highest BCUT2D eigenvalue weighted by atomic mass is 19.1. The summed E-state index contributed by atoms with van der Waals surface area (Å²) in [6.45, 7) is 0.470. The van der Waals surface area contributed by atoms with E-state index in [1.54, 1.807) is 56.6 Å². The number of methoxy groups -OCH3 is 3. The van der Waals surface area contributed by atoms with Crippen LogP contribution in [0, 0.1) is 5.82 Å². The zero-order valence-electron chi connectivity index (χ0n) is 19.7. The summed E-state index contributed by atoms with van der Waals surface area (Å²) in [4.78, 5) is 18.9. The molecule has 0 spiro atoms. The third kappa shape index (κ3) is 4.12. The van der Waals surface area contributed by atoms with Crippen molar-refractivity contribution in [2.75, 3.05) is 33.2 Å². The van der Waals surface area contributed by atoms with Crippen molar-refractivity contribution in [3.63, 3.8) is 0 Å². The Hall–Kier alpha value is -4.20. The van der Waals surface area contributed by atoms with Gasteiger partial charge in [-0.15, -0.1) is 0 Å². The molecule has 5 rings (SSSR count). The number of rotatable bonds is 5. The van der Waals surface area contributed by atoms with Gasteiger partial charge in [-0.2, -0.15) is 0 Å². The Morgan fingerprint density at radius 2 is 1.69 bits per heavy atom. The lowest BCUT2D eigenvalue weighted by Crippen LogP contribution is -2.43. The SMILES string of the molecule is COc1ccc(OC)c(NC(=O)N2CCc3c([nH]c4ccc(OC)cc34)[C@@H]2c2ccc(F)cc2)c1. The second-order valence-electron chi connectivity index (χ2n) is 8.32. The Balaban J connectivity index is 1.57. The lowest BCUT2D eigenvalue weighted by Gasteiger charge is -2.36. The molecule has 8 heteroatoms. The minimum atomic E-state index is -0.436. The number of H-pyrrole nitrogens is 1. The van der Waals surface area contributed by atoms with Gasteiger partial charge in [-0.05, 0) is 60.0 Å². The van der Waals surface area contributed by atoms with Crippen molar-refractivity contribution in [3.8, 4) is 17.2 Å². The summed E-state index contributed by atoms with van der Waals surface area (Å²) < 4.78 is 29.9. The number of amides is 2. The third-order valence-corrected chi connectivity index (χ3v) is 6.43. The zero-order chi connectivity index (χ0) is 24.5. The molecule has 1 aromatic heterocycles. The molecule has 1 aliphatic heterocycles. The highest BCUT2D eigenvalue weighted by Gasteiger charge is 2.35. The van der Waals surface area contributed by atoms with Crippen molar-refractivity contribution in [2.24, 2.45) is 0 Å². The number of fused-ring (bicyclic) bond motifs is 3. The molecule has 2 heterocycles. The first-order chi connectivity index (χ1) is 17.0. The van der Waals surface area contributed by atoms with Crippen LogP contribution in [0.4, 0.5) is 14.9 Å². The fourth-order valence-corrected chi connectivity index (χ4v) is 4.70. The number of hydrogen-bond donors (Lipinski definition) is 2. The predicted molar refractivity (Wildman–Crippen MR) is 132 cm³/mol. The number of benzene rings is 3. The maximum atomic E-state index is 13.8. The second-order valence-corrected chi connectivity index (χ2v) is 8.32. The van der Waals surface area contributed by atoms with Gasteiger partial charge in [-0.25, -0.2) is 9.18 Å². The Morgan fingerprint density at radius 3 is 2.40 bits per heavy atom. The monoisotopic (exact) mass is 475 g/mol. The molecule has 0 radical (unpaired) electrons. The van der Waals surface area contributed by atoms with E-state index in [4.69, 9.17) is 14.2 Å². The van der Waals surface area contributed by atoms with Crippen molar-refractivity contribution in [3.05, 3.63) is 83.3 Å². The van der Waals surface area contributed by atoms with E-state index in [-0.39, 0.29) is 11.8 Å². The van der Waals surface area contributed by atoms with Crippen LogP contribution in [0.5, 0.6) is 17.2 Å². The van der Waals surface area contributed by atoms with Gasteiger partial charge in [-0.1, -0.05) is 12.1 Å². The van der Waals surface area contributed by atoms with Crippen LogP contribution < -0.4 is 19.5 Å². The molecule has 2 amide bonds. The molecule has 0 saturated heterocycles. The number of anilines is 1. The van der Waals surface area contributed by atoms with E-state index in [1.165, 1.54) is 12.1 Å². The Morgan fingerprint density at radius 1 is 0.971 bits per heavy atom. The van der Waals surface area contributed by atoms with Gasteiger partial charge in [-0.3, -0.25) is 0 Å². The fourth-order valence-electron chi connectivity index (χ4n) is 4.70. The summed E-state index contributed by atoms with van der Waals surface area (Å²) in [5.74, 6) is 1.56. The number of nitrogens with one attached hydrogen (secondary N) is 2. The highest BCUT2D eigenvalue weighted by Crippen LogP contribution is 2.40. The summed E-state index contributed by atoms with van der Waals surface area (Å²) >= 11 is 0. The van der Waals surface area contributed by atoms with Crippen molar-refractivity contribution >= 4 is 22.6 Å². The smallest absolute Gasteiger partial charge is 0.322 e. The van der Waals surface area contributed by atoms with Crippen LogP contribution in [0.25, 0.3) is 10.9 Å². The summed E-state index contributed by atoms with van der Waals surface area (Å²) in [6.07, 6.45) is 0.656. The Labute approximate surface area is 202 Å². The minimum Gasteiger partial charge on any atom is -0.497 e. The van der Waals surface area contributed by atoms with Crippen LogP contribution in [0.3, 0.4) is 0 Å². The molecule has 1 aliphatic rings. The average Bonchev–Trinajstić information content (AvgIpc) is 3.26. The van der Waals surface area contributed by atoms with E-state index in [0.29, 0.717) is 30.2 Å². The molecule has 3 aromatic carbocycles. The largest absolute Gasteiger partial charge is 0.497 e. The van der Waals surface area contributed by atoms with Crippen molar-refractivity contribution in [1.29, 1.82) is 0 Å². The molecular weight excluding hydrogens is 449 g/mol. The van der Waals surface area contributed by atoms with E-state index >= 15 is 0 Å². The molecule has 0 fully saturated rings. The number of carbonyl (C=O) groups is 1. The third-order valence-electron chi connectivity index (χ3n) is 6.43. The van der Waals surface area contributed by atoms with Crippen LogP contribution in [-0.4, -0.2) is 43.8 Å².